The lowest BCUT2D eigenvalue weighted by Gasteiger charge is -2.12. The SMILES string of the molecule is C=C(CCC(C)OP(=O)(O)O)C(=O)O. The van der Waals surface area contributed by atoms with Gasteiger partial charge in [-0.1, -0.05) is 6.58 Å². The maximum Gasteiger partial charge on any atom is 0.469 e. The van der Waals surface area contributed by atoms with Gasteiger partial charge in [-0.25, -0.2) is 9.36 Å². The molecule has 0 saturated heterocycles. The van der Waals surface area contributed by atoms with Crippen LogP contribution < -0.4 is 0 Å². The lowest BCUT2D eigenvalue weighted by Crippen LogP contribution is -2.08. The zero-order valence-corrected chi connectivity index (χ0v) is 8.61. The Hall–Kier alpha value is -0.680. The topological polar surface area (TPSA) is 104 Å². The molecule has 0 fully saturated rings. The molecule has 6 nitrogen and oxygen atoms in total. The summed E-state index contributed by atoms with van der Waals surface area (Å²) in [6.45, 7) is 4.73. The number of aliphatic carboxylic acids is 1. The first kappa shape index (κ1) is 13.3. The molecule has 7 heteroatoms. The molecular formula is C7H13O6P. The van der Waals surface area contributed by atoms with Gasteiger partial charge in [0.1, 0.15) is 0 Å². The molecule has 0 heterocycles. The molecule has 0 aromatic rings. The molecule has 0 radical (unpaired) electrons. The van der Waals surface area contributed by atoms with Gasteiger partial charge < -0.3 is 14.9 Å². The quantitative estimate of drug-likeness (QED) is 0.457. The third kappa shape index (κ3) is 6.80. The summed E-state index contributed by atoms with van der Waals surface area (Å²) in [7, 11) is -4.48. The van der Waals surface area contributed by atoms with Gasteiger partial charge in [0.2, 0.25) is 0 Å². The Bertz CT molecular complexity index is 267. The van der Waals surface area contributed by atoms with Crippen molar-refractivity contribution >= 4 is 13.8 Å². The Morgan fingerprint density at radius 2 is 2.07 bits per heavy atom. The minimum atomic E-state index is -4.48. The fraction of sp³-hybridized carbons (Fsp3) is 0.571. The molecule has 0 bridgehead atoms. The van der Waals surface area contributed by atoms with Crippen LogP contribution in [0.5, 0.6) is 0 Å². The highest BCUT2D eigenvalue weighted by Gasteiger charge is 2.19. The molecule has 1 atom stereocenters. The third-order valence-electron chi connectivity index (χ3n) is 1.47. The van der Waals surface area contributed by atoms with Crippen LogP contribution in [0.15, 0.2) is 12.2 Å². The lowest BCUT2D eigenvalue weighted by molar-refractivity contribution is -0.132. The number of phosphoric ester groups is 1. The predicted octanol–water partition coefficient (Wildman–Crippen LogP) is 0.905. The molecule has 0 aliphatic heterocycles. The Morgan fingerprint density at radius 3 is 2.43 bits per heavy atom. The van der Waals surface area contributed by atoms with E-state index < -0.39 is 19.9 Å². The van der Waals surface area contributed by atoms with E-state index >= 15 is 0 Å². The van der Waals surface area contributed by atoms with Gasteiger partial charge in [-0.3, -0.25) is 4.52 Å². The average Bonchev–Trinajstić information content (AvgIpc) is 1.96. The van der Waals surface area contributed by atoms with Gasteiger partial charge in [-0.2, -0.15) is 0 Å². The van der Waals surface area contributed by atoms with Crippen LogP contribution in [0, 0.1) is 0 Å². The third-order valence-corrected chi connectivity index (χ3v) is 2.11. The Morgan fingerprint density at radius 1 is 1.57 bits per heavy atom. The highest BCUT2D eigenvalue weighted by Crippen LogP contribution is 2.38. The van der Waals surface area contributed by atoms with Gasteiger partial charge in [-0.05, 0) is 19.8 Å². The van der Waals surface area contributed by atoms with E-state index in [2.05, 4.69) is 11.1 Å². The van der Waals surface area contributed by atoms with Crippen molar-refractivity contribution in [2.45, 2.75) is 25.9 Å². The number of phosphoric acid groups is 1. The van der Waals surface area contributed by atoms with Crippen molar-refractivity contribution in [3.05, 3.63) is 12.2 Å². The van der Waals surface area contributed by atoms with Gasteiger partial charge in [-0.15, -0.1) is 0 Å². The van der Waals surface area contributed by atoms with Crippen molar-refractivity contribution in [3.63, 3.8) is 0 Å². The number of hydrogen-bond acceptors (Lipinski definition) is 3. The summed E-state index contributed by atoms with van der Waals surface area (Å²) in [6.07, 6.45) is -0.362. The second kappa shape index (κ2) is 5.26. The maximum absolute atomic E-state index is 10.4. The van der Waals surface area contributed by atoms with Gasteiger partial charge in [0.05, 0.1) is 6.10 Å². The summed E-state index contributed by atoms with van der Waals surface area (Å²) in [6, 6.07) is 0. The van der Waals surface area contributed by atoms with Crippen molar-refractivity contribution in [2.75, 3.05) is 0 Å². The van der Waals surface area contributed by atoms with Crippen molar-refractivity contribution in [1.82, 2.24) is 0 Å². The van der Waals surface area contributed by atoms with E-state index in [1.54, 1.807) is 0 Å². The summed E-state index contributed by atoms with van der Waals surface area (Å²) in [5.41, 5.74) is -0.00818. The standard InChI is InChI=1S/C7H13O6P/c1-5(7(8)9)3-4-6(2)13-14(10,11)12/h6H,1,3-4H2,2H3,(H,8,9)(H2,10,11,12). The number of carboxylic acids is 1. The second-order valence-electron chi connectivity index (χ2n) is 2.85. The molecule has 0 aliphatic carbocycles. The van der Waals surface area contributed by atoms with Crippen LogP contribution in [0.4, 0.5) is 0 Å². The average molecular weight is 224 g/mol. The van der Waals surface area contributed by atoms with Crippen molar-refractivity contribution in [1.29, 1.82) is 0 Å². The number of carboxylic acid groups (broad SMARTS) is 1. The first-order valence-corrected chi connectivity index (χ1v) is 5.40. The molecular weight excluding hydrogens is 211 g/mol. The first-order chi connectivity index (χ1) is 6.22. The fourth-order valence-electron chi connectivity index (χ4n) is 0.772. The molecule has 0 spiro atoms. The monoisotopic (exact) mass is 224 g/mol. The maximum atomic E-state index is 10.4. The smallest absolute Gasteiger partial charge is 0.469 e. The molecule has 14 heavy (non-hydrogen) atoms. The molecule has 3 N–H and O–H groups in total. The normalized spacial score (nSPS) is 13.6. The van der Waals surface area contributed by atoms with Gasteiger partial charge in [0.15, 0.2) is 0 Å². The number of carbonyl (C=O) groups is 1. The zero-order valence-electron chi connectivity index (χ0n) is 7.71. The highest BCUT2D eigenvalue weighted by molar-refractivity contribution is 7.46. The van der Waals surface area contributed by atoms with Crippen molar-refractivity contribution < 1.29 is 28.8 Å². The number of rotatable bonds is 6. The zero-order chi connectivity index (χ0) is 11.4. The van der Waals surface area contributed by atoms with E-state index in [4.69, 9.17) is 14.9 Å². The molecule has 0 saturated carbocycles. The largest absolute Gasteiger partial charge is 0.478 e. The van der Waals surface area contributed by atoms with Gasteiger partial charge in [0.25, 0.3) is 0 Å². The van der Waals surface area contributed by atoms with E-state index in [0.29, 0.717) is 0 Å². The van der Waals surface area contributed by atoms with Crippen LogP contribution in [0.2, 0.25) is 0 Å². The molecule has 0 aromatic heterocycles. The first-order valence-electron chi connectivity index (χ1n) is 3.87. The molecule has 0 aromatic carbocycles. The highest BCUT2D eigenvalue weighted by atomic mass is 31.2. The minimum absolute atomic E-state index is 0.00818. The molecule has 82 valence electrons. The molecule has 0 rings (SSSR count). The van der Waals surface area contributed by atoms with E-state index in [1.165, 1.54) is 6.92 Å². The van der Waals surface area contributed by atoms with Gasteiger partial charge >= 0.3 is 13.8 Å². The van der Waals surface area contributed by atoms with Crippen molar-refractivity contribution in [2.24, 2.45) is 0 Å². The van der Waals surface area contributed by atoms with Crippen LogP contribution in [-0.4, -0.2) is 27.0 Å². The van der Waals surface area contributed by atoms with E-state index in [9.17, 15) is 9.36 Å². The summed E-state index contributed by atoms with van der Waals surface area (Å²) < 4.78 is 14.7. The minimum Gasteiger partial charge on any atom is -0.478 e. The number of hydrogen-bond donors (Lipinski definition) is 3. The predicted molar refractivity (Wildman–Crippen MR) is 48.6 cm³/mol. The summed E-state index contributed by atoms with van der Waals surface area (Å²) in [5.74, 6) is -1.12. The van der Waals surface area contributed by atoms with Crippen molar-refractivity contribution in [3.8, 4) is 0 Å². The van der Waals surface area contributed by atoms with Crippen LogP contribution in [0.3, 0.4) is 0 Å². The van der Waals surface area contributed by atoms with E-state index in [0.717, 1.165) is 0 Å². The second-order valence-corrected chi connectivity index (χ2v) is 4.05. The fourth-order valence-corrected chi connectivity index (χ4v) is 1.35. The molecule has 0 aliphatic rings. The van der Waals surface area contributed by atoms with Crippen LogP contribution >= 0.6 is 7.82 Å². The lowest BCUT2D eigenvalue weighted by atomic mass is 10.1. The van der Waals surface area contributed by atoms with Crippen LogP contribution in [-0.2, 0) is 13.9 Å². The van der Waals surface area contributed by atoms with Crippen LogP contribution in [0.1, 0.15) is 19.8 Å². The molecule has 0 amide bonds. The van der Waals surface area contributed by atoms with E-state index in [1.807, 2.05) is 0 Å². The Kier molecular flexibility index (Phi) is 5.01. The van der Waals surface area contributed by atoms with E-state index in [-0.39, 0.29) is 18.4 Å². The molecule has 1 unspecified atom stereocenters. The van der Waals surface area contributed by atoms with Gasteiger partial charge in [0, 0.05) is 5.57 Å². The Labute approximate surface area is 81.4 Å². The summed E-state index contributed by atoms with van der Waals surface area (Å²) in [4.78, 5) is 27.1. The summed E-state index contributed by atoms with van der Waals surface area (Å²) in [5, 5.41) is 8.43. The van der Waals surface area contributed by atoms with Crippen LogP contribution in [0.25, 0.3) is 0 Å². The Balaban J connectivity index is 3.86. The summed E-state index contributed by atoms with van der Waals surface area (Å²) >= 11 is 0.